The molecule has 2 atom stereocenters. The van der Waals surface area contributed by atoms with Crippen LogP contribution in [0, 0.1) is 13.8 Å². The summed E-state index contributed by atoms with van der Waals surface area (Å²) in [5.74, 6) is 0.976. The Morgan fingerprint density at radius 1 is 1.32 bits per heavy atom. The fourth-order valence-corrected chi connectivity index (χ4v) is 4.55. The van der Waals surface area contributed by atoms with Crippen LogP contribution in [0.15, 0.2) is 28.7 Å². The van der Waals surface area contributed by atoms with Gasteiger partial charge in [0.05, 0.1) is 11.0 Å². The van der Waals surface area contributed by atoms with E-state index in [4.69, 9.17) is 9.15 Å². The second-order valence-corrected chi connectivity index (χ2v) is 7.33. The highest BCUT2D eigenvalue weighted by molar-refractivity contribution is 7.21. The van der Waals surface area contributed by atoms with Crippen molar-refractivity contribution in [2.45, 2.75) is 32.4 Å². The lowest BCUT2D eigenvalue weighted by Crippen LogP contribution is -2.32. The number of nitrogens with zero attached hydrogens (tertiary/aromatic N) is 3. The van der Waals surface area contributed by atoms with Gasteiger partial charge in [-0.3, -0.25) is 4.79 Å². The Bertz CT molecular complexity index is 933. The molecule has 1 fully saturated rings. The number of fused-ring (bicyclic) bond motifs is 1. The van der Waals surface area contributed by atoms with Crippen LogP contribution in [0.25, 0.3) is 10.1 Å². The van der Waals surface area contributed by atoms with Crippen molar-refractivity contribution in [3.63, 3.8) is 0 Å². The van der Waals surface area contributed by atoms with Crippen LogP contribution in [0.2, 0.25) is 0 Å². The van der Waals surface area contributed by atoms with Gasteiger partial charge in [-0.25, -0.2) is 0 Å². The average molecular weight is 357 g/mol. The molecule has 0 saturated carbocycles. The Labute approximate surface area is 149 Å². The largest absolute Gasteiger partial charge is 0.423 e. The van der Waals surface area contributed by atoms with Crippen LogP contribution in [-0.2, 0) is 4.74 Å². The smallest absolute Gasteiger partial charge is 0.265 e. The number of aromatic nitrogens is 2. The van der Waals surface area contributed by atoms with Gasteiger partial charge in [0.25, 0.3) is 5.91 Å². The van der Waals surface area contributed by atoms with E-state index >= 15 is 0 Å². The molecule has 6 nitrogen and oxygen atoms in total. The molecular formula is C18H19N3O3S. The Morgan fingerprint density at radius 2 is 2.12 bits per heavy atom. The van der Waals surface area contributed by atoms with Crippen molar-refractivity contribution in [1.29, 1.82) is 0 Å². The number of aryl methyl sites for hydroxylation is 2. The summed E-state index contributed by atoms with van der Waals surface area (Å²) in [7, 11) is 1.67. The zero-order chi connectivity index (χ0) is 17.6. The molecule has 0 N–H and O–H groups in total. The number of likely N-dealkylation sites (tertiary alicyclic amines) is 1. The first-order chi connectivity index (χ1) is 12.1. The van der Waals surface area contributed by atoms with Crippen molar-refractivity contribution in [1.82, 2.24) is 15.1 Å². The van der Waals surface area contributed by atoms with E-state index in [1.165, 1.54) is 11.3 Å². The zero-order valence-electron chi connectivity index (χ0n) is 14.4. The van der Waals surface area contributed by atoms with Crippen molar-refractivity contribution < 1.29 is 13.9 Å². The molecule has 130 valence electrons. The third kappa shape index (κ3) is 2.73. The van der Waals surface area contributed by atoms with E-state index < -0.39 is 0 Å². The van der Waals surface area contributed by atoms with E-state index in [0.717, 1.165) is 20.5 Å². The molecule has 0 bridgehead atoms. The summed E-state index contributed by atoms with van der Waals surface area (Å²) in [5.41, 5.74) is 1.02. The van der Waals surface area contributed by atoms with Crippen LogP contribution in [0.3, 0.4) is 0 Å². The fraction of sp³-hybridized carbons (Fsp3) is 0.389. The first-order valence-corrected chi connectivity index (χ1v) is 9.02. The maximum Gasteiger partial charge on any atom is 0.265 e. The lowest BCUT2D eigenvalue weighted by Gasteiger charge is -2.21. The number of thiophene rings is 1. The summed E-state index contributed by atoms with van der Waals surface area (Å²) in [6.45, 7) is 4.28. The molecule has 0 aliphatic carbocycles. The number of hydrogen-bond donors (Lipinski definition) is 0. The van der Waals surface area contributed by atoms with Crippen molar-refractivity contribution in [3.05, 3.63) is 46.5 Å². The molecule has 2 aromatic heterocycles. The standard InChI is InChI=1S/C18H19N3O3S/c1-10-13-6-4-5-7-15(13)25-16(10)18(22)21-9-12(23-3)8-14(21)17-20-19-11(2)24-17/h4-7,12,14H,8-9H2,1-3H3/t12-,14+/m0/s1. The molecule has 7 heteroatoms. The van der Waals surface area contributed by atoms with Crippen LogP contribution in [0.1, 0.15) is 39.5 Å². The number of amides is 1. The van der Waals surface area contributed by atoms with E-state index in [0.29, 0.717) is 24.7 Å². The van der Waals surface area contributed by atoms with Crippen molar-refractivity contribution in [2.75, 3.05) is 13.7 Å². The number of carbonyl (C=O) groups is 1. The maximum absolute atomic E-state index is 13.3. The number of methoxy groups -OCH3 is 1. The molecule has 3 heterocycles. The van der Waals surface area contributed by atoms with Gasteiger partial charge in [0.15, 0.2) is 0 Å². The normalized spacial score (nSPS) is 20.5. The highest BCUT2D eigenvalue weighted by atomic mass is 32.1. The van der Waals surface area contributed by atoms with Crippen LogP contribution >= 0.6 is 11.3 Å². The van der Waals surface area contributed by atoms with Gasteiger partial charge in [-0.2, -0.15) is 0 Å². The summed E-state index contributed by atoms with van der Waals surface area (Å²) < 4.78 is 12.2. The molecule has 0 radical (unpaired) electrons. The average Bonchev–Trinajstić information content (AvgIpc) is 3.31. The van der Waals surface area contributed by atoms with Crippen LogP contribution in [-0.4, -0.2) is 40.8 Å². The second kappa shape index (κ2) is 6.24. The van der Waals surface area contributed by atoms with Crippen LogP contribution in [0.4, 0.5) is 0 Å². The van der Waals surface area contributed by atoms with Crippen molar-refractivity contribution in [2.24, 2.45) is 0 Å². The van der Waals surface area contributed by atoms with E-state index in [9.17, 15) is 4.79 Å². The molecule has 0 spiro atoms. The minimum atomic E-state index is -0.247. The van der Waals surface area contributed by atoms with Gasteiger partial charge >= 0.3 is 0 Å². The number of carbonyl (C=O) groups excluding carboxylic acids is 1. The Hall–Kier alpha value is -2.25. The first kappa shape index (κ1) is 16.2. The minimum Gasteiger partial charge on any atom is -0.423 e. The van der Waals surface area contributed by atoms with Gasteiger partial charge in [0.1, 0.15) is 6.04 Å². The highest BCUT2D eigenvalue weighted by Gasteiger charge is 2.40. The SMILES string of the molecule is CO[C@H]1C[C@H](c2nnc(C)o2)N(C(=O)c2sc3ccccc3c2C)C1. The topological polar surface area (TPSA) is 68.5 Å². The third-order valence-electron chi connectivity index (χ3n) is 4.72. The predicted octanol–water partition coefficient (Wildman–Crippen LogP) is 3.50. The van der Waals surface area contributed by atoms with Gasteiger partial charge in [-0.15, -0.1) is 21.5 Å². The van der Waals surface area contributed by atoms with Gasteiger partial charge in [0, 0.05) is 31.7 Å². The van der Waals surface area contributed by atoms with Gasteiger partial charge in [0.2, 0.25) is 11.8 Å². The van der Waals surface area contributed by atoms with E-state index in [-0.39, 0.29) is 18.1 Å². The van der Waals surface area contributed by atoms with Crippen LogP contribution in [0.5, 0.6) is 0 Å². The summed E-state index contributed by atoms with van der Waals surface area (Å²) in [6.07, 6.45) is 0.629. The van der Waals surface area contributed by atoms with Gasteiger partial charge in [-0.05, 0) is 23.9 Å². The number of hydrogen-bond acceptors (Lipinski definition) is 6. The van der Waals surface area contributed by atoms with Crippen LogP contribution < -0.4 is 0 Å². The number of ether oxygens (including phenoxy) is 1. The third-order valence-corrected chi connectivity index (χ3v) is 5.98. The maximum atomic E-state index is 13.3. The van der Waals surface area contributed by atoms with E-state index in [2.05, 4.69) is 16.3 Å². The predicted molar refractivity (Wildman–Crippen MR) is 94.8 cm³/mol. The molecule has 0 unspecified atom stereocenters. The lowest BCUT2D eigenvalue weighted by atomic mass is 10.1. The Morgan fingerprint density at radius 3 is 2.80 bits per heavy atom. The Kier molecular flexibility index (Phi) is 4.05. The highest BCUT2D eigenvalue weighted by Crippen LogP contribution is 2.37. The molecule has 1 aliphatic heterocycles. The molecular weight excluding hydrogens is 338 g/mol. The Balaban J connectivity index is 1.72. The zero-order valence-corrected chi connectivity index (χ0v) is 15.2. The summed E-state index contributed by atoms with van der Waals surface area (Å²) in [6, 6.07) is 7.84. The minimum absolute atomic E-state index is 0.000830. The molecule has 3 aromatic rings. The quantitative estimate of drug-likeness (QED) is 0.717. The fourth-order valence-electron chi connectivity index (χ4n) is 3.38. The van der Waals surface area contributed by atoms with Crippen molar-refractivity contribution >= 4 is 27.3 Å². The molecule has 1 aliphatic rings. The van der Waals surface area contributed by atoms with E-state index in [1.807, 2.05) is 25.1 Å². The van der Waals surface area contributed by atoms with E-state index in [1.54, 1.807) is 18.9 Å². The molecule has 1 amide bonds. The summed E-state index contributed by atoms with van der Waals surface area (Å²) >= 11 is 1.53. The second-order valence-electron chi connectivity index (χ2n) is 6.28. The molecule has 25 heavy (non-hydrogen) atoms. The number of rotatable bonds is 3. The summed E-state index contributed by atoms with van der Waals surface area (Å²) in [4.78, 5) is 15.8. The molecule has 1 saturated heterocycles. The van der Waals surface area contributed by atoms with Crippen molar-refractivity contribution in [3.8, 4) is 0 Å². The lowest BCUT2D eigenvalue weighted by molar-refractivity contribution is 0.0678. The van der Waals surface area contributed by atoms with Gasteiger partial charge < -0.3 is 14.1 Å². The number of benzene rings is 1. The van der Waals surface area contributed by atoms with Gasteiger partial charge in [-0.1, -0.05) is 18.2 Å². The summed E-state index contributed by atoms with van der Waals surface area (Å²) in [5, 5.41) is 9.16. The first-order valence-electron chi connectivity index (χ1n) is 8.20. The molecule has 1 aromatic carbocycles. The monoisotopic (exact) mass is 357 g/mol. The molecule has 4 rings (SSSR count).